The standard InChI is InChI=1S/C12H15FN2O5S/c1-20-12(6-3-7-12)8-14-21(18,19)10-5-2-4-9(13)11(10)15(16)17/h2,4-5,14H,3,6-8H2,1H3. The van der Waals surface area contributed by atoms with Gasteiger partial charge < -0.3 is 4.74 Å². The molecule has 1 fully saturated rings. The monoisotopic (exact) mass is 318 g/mol. The number of methoxy groups -OCH3 is 1. The van der Waals surface area contributed by atoms with Crippen molar-refractivity contribution in [3.05, 3.63) is 34.1 Å². The summed E-state index contributed by atoms with van der Waals surface area (Å²) >= 11 is 0. The first-order valence-corrected chi connectivity index (χ1v) is 7.77. The van der Waals surface area contributed by atoms with Gasteiger partial charge in [0.2, 0.25) is 15.8 Å². The van der Waals surface area contributed by atoms with Crippen LogP contribution in [0.3, 0.4) is 0 Å². The van der Waals surface area contributed by atoms with Crippen LogP contribution in [0.1, 0.15) is 19.3 Å². The molecule has 0 radical (unpaired) electrons. The second kappa shape index (κ2) is 5.66. The molecule has 0 amide bonds. The Bertz CT molecular complexity index is 652. The van der Waals surface area contributed by atoms with E-state index in [0.29, 0.717) is 12.8 Å². The van der Waals surface area contributed by atoms with Crippen molar-refractivity contribution in [3.63, 3.8) is 0 Å². The molecule has 0 atom stereocenters. The van der Waals surface area contributed by atoms with Crippen LogP contribution in [0, 0.1) is 15.9 Å². The van der Waals surface area contributed by atoms with Crippen LogP contribution < -0.4 is 4.72 Å². The lowest BCUT2D eigenvalue weighted by Crippen LogP contribution is -2.49. The summed E-state index contributed by atoms with van der Waals surface area (Å²) < 4.78 is 45.4. The summed E-state index contributed by atoms with van der Waals surface area (Å²) in [6, 6.07) is 2.97. The number of rotatable bonds is 6. The molecule has 0 saturated heterocycles. The Morgan fingerprint density at radius 1 is 1.48 bits per heavy atom. The van der Waals surface area contributed by atoms with E-state index in [1.807, 2.05) is 0 Å². The van der Waals surface area contributed by atoms with Crippen molar-refractivity contribution >= 4 is 15.7 Å². The number of benzene rings is 1. The van der Waals surface area contributed by atoms with Gasteiger partial charge in [0.25, 0.3) is 0 Å². The van der Waals surface area contributed by atoms with Gasteiger partial charge in [0.05, 0.1) is 10.5 Å². The van der Waals surface area contributed by atoms with Crippen LogP contribution >= 0.6 is 0 Å². The largest absolute Gasteiger partial charge is 0.377 e. The number of hydrogen-bond acceptors (Lipinski definition) is 5. The van der Waals surface area contributed by atoms with Gasteiger partial charge in [0.15, 0.2) is 4.90 Å². The van der Waals surface area contributed by atoms with Crippen molar-refractivity contribution < 1.29 is 22.5 Å². The van der Waals surface area contributed by atoms with Gasteiger partial charge in [-0.2, -0.15) is 4.39 Å². The Morgan fingerprint density at radius 2 is 2.14 bits per heavy atom. The second-order valence-electron chi connectivity index (χ2n) is 4.91. The van der Waals surface area contributed by atoms with Crippen LogP contribution in [0.2, 0.25) is 0 Å². The molecular weight excluding hydrogens is 303 g/mol. The third-order valence-corrected chi connectivity index (χ3v) is 5.14. The number of nitrogens with one attached hydrogen (secondary N) is 1. The summed E-state index contributed by atoms with van der Waals surface area (Å²) in [6.07, 6.45) is 2.34. The van der Waals surface area contributed by atoms with Crippen LogP contribution in [0.25, 0.3) is 0 Å². The summed E-state index contributed by atoms with van der Waals surface area (Å²) in [5.41, 5.74) is -1.63. The lowest BCUT2D eigenvalue weighted by molar-refractivity contribution is -0.390. The lowest BCUT2D eigenvalue weighted by Gasteiger charge is -2.40. The van der Waals surface area contributed by atoms with Crippen molar-refractivity contribution in [2.75, 3.05) is 13.7 Å². The lowest BCUT2D eigenvalue weighted by atomic mass is 9.80. The summed E-state index contributed by atoms with van der Waals surface area (Å²) in [5, 5.41) is 10.9. The van der Waals surface area contributed by atoms with E-state index in [0.717, 1.165) is 24.6 Å². The minimum Gasteiger partial charge on any atom is -0.377 e. The Morgan fingerprint density at radius 3 is 2.62 bits per heavy atom. The molecule has 1 N–H and O–H groups in total. The third kappa shape index (κ3) is 3.04. The van der Waals surface area contributed by atoms with Gasteiger partial charge in [0, 0.05) is 13.7 Å². The maximum absolute atomic E-state index is 13.5. The molecule has 0 aliphatic heterocycles. The first-order valence-electron chi connectivity index (χ1n) is 6.29. The zero-order valence-electron chi connectivity index (χ0n) is 11.3. The molecule has 1 aliphatic carbocycles. The molecule has 116 valence electrons. The van der Waals surface area contributed by atoms with Gasteiger partial charge >= 0.3 is 5.69 Å². The summed E-state index contributed by atoms with van der Waals surface area (Å²) in [4.78, 5) is 9.14. The summed E-state index contributed by atoms with van der Waals surface area (Å²) in [6.45, 7) is -0.000495. The van der Waals surface area contributed by atoms with Crippen molar-refractivity contribution in [1.29, 1.82) is 0 Å². The van der Waals surface area contributed by atoms with Gasteiger partial charge in [-0.25, -0.2) is 13.1 Å². The normalized spacial score (nSPS) is 17.2. The van der Waals surface area contributed by atoms with Gasteiger partial charge in [0.1, 0.15) is 0 Å². The van der Waals surface area contributed by atoms with Gasteiger partial charge in [-0.15, -0.1) is 0 Å². The van der Waals surface area contributed by atoms with E-state index >= 15 is 0 Å². The summed E-state index contributed by atoms with van der Waals surface area (Å²) in [5.74, 6) is -1.19. The van der Waals surface area contributed by atoms with E-state index in [4.69, 9.17) is 4.74 Å². The molecule has 0 aromatic heterocycles. The van der Waals surface area contributed by atoms with Crippen LogP contribution in [0.5, 0.6) is 0 Å². The SMILES string of the molecule is COC1(CNS(=O)(=O)c2cccc(F)c2[N+](=O)[O-])CCC1. The summed E-state index contributed by atoms with van der Waals surface area (Å²) in [7, 11) is -2.71. The minimum atomic E-state index is -4.19. The Labute approximate surface area is 121 Å². The van der Waals surface area contributed by atoms with Gasteiger partial charge in [-0.1, -0.05) is 6.07 Å². The molecule has 2 rings (SSSR count). The van der Waals surface area contributed by atoms with E-state index in [1.54, 1.807) is 0 Å². The van der Waals surface area contributed by atoms with Crippen LogP contribution in [-0.2, 0) is 14.8 Å². The highest BCUT2D eigenvalue weighted by Gasteiger charge is 2.39. The molecule has 9 heteroatoms. The molecule has 1 saturated carbocycles. The van der Waals surface area contributed by atoms with Gasteiger partial charge in [-0.05, 0) is 31.4 Å². The average Bonchev–Trinajstić information content (AvgIpc) is 2.37. The van der Waals surface area contributed by atoms with Crippen LogP contribution in [0.15, 0.2) is 23.1 Å². The molecular formula is C12H15FN2O5S. The number of para-hydroxylation sites is 1. The zero-order chi connectivity index (χ0) is 15.7. The fourth-order valence-electron chi connectivity index (χ4n) is 2.22. The number of hydrogen-bond donors (Lipinski definition) is 1. The molecule has 0 bridgehead atoms. The topological polar surface area (TPSA) is 98.5 Å². The number of sulfonamides is 1. The number of nitrogens with zero attached hydrogens (tertiary/aromatic N) is 1. The molecule has 21 heavy (non-hydrogen) atoms. The predicted molar refractivity (Wildman–Crippen MR) is 71.8 cm³/mol. The molecule has 0 heterocycles. The van der Waals surface area contributed by atoms with Crippen molar-refractivity contribution in [2.45, 2.75) is 29.8 Å². The minimum absolute atomic E-state index is 0.000495. The van der Waals surface area contributed by atoms with Crippen LogP contribution in [0.4, 0.5) is 10.1 Å². The van der Waals surface area contributed by atoms with E-state index in [9.17, 15) is 22.9 Å². The molecule has 1 aromatic rings. The Hall–Kier alpha value is -1.58. The zero-order valence-corrected chi connectivity index (χ0v) is 12.2. The highest BCUT2D eigenvalue weighted by Crippen LogP contribution is 2.35. The fourth-order valence-corrected chi connectivity index (χ4v) is 3.51. The maximum Gasteiger partial charge on any atom is 0.324 e. The smallest absolute Gasteiger partial charge is 0.324 e. The molecule has 0 unspecified atom stereocenters. The molecule has 1 aromatic carbocycles. The van der Waals surface area contributed by atoms with Crippen molar-refractivity contribution in [3.8, 4) is 0 Å². The maximum atomic E-state index is 13.5. The first-order chi connectivity index (χ1) is 9.81. The van der Waals surface area contributed by atoms with Crippen molar-refractivity contribution in [2.24, 2.45) is 0 Å². The van der Waals surface area contributed by atoms with E-state index in [1.165, 1.54) is 7.11 Å². The Balaban J connectivity index is 2.28. The molecule has 1 aliphatic rings. The highest BCUT2D eigenvalue weighted by atomic mass is 32.2. The number of ether oxygens (including phenoxy) is 1. The van der Waals surface area contributed by atoms with E-state index < -0.39 is 36.9 Å². The van der Waals surface area contributed by atoms with Crippen molar-refractivity contribution in [1.82, 2.24) is 4.72 Å². The number of nitro groups is 1. The second-order valence-corrected chi connectivity index (χ2v) is 6.64. The average molecular weight is 318 g/mol. The highest BCUT2D eigenvalue weighted by molar-refractivity contribution is 7.89. The molecule has 0 spiro atoms. The Kier molecular flexibility index (Phi) is 4.26. The van der Waals surface area contributed by atoms with E-state index in [-0.39, 0.29) is 6.54 Å². The quantitative estimate of drug-likeness (QED) is 0.634. The third-order valence-electron chi connectivity index (χ3n) is 3.70. The number of nitro benzene ring substituents is 1. The molecule has 7 nitrogen and oxygen atoms in total. The van der Waals surface area contributed by atoms with E-state index in [2.05, 4.69) is 4.72 Å². The number of halogens is 1. The fraction of sp³-hybridized carbons (Fsp3) is 0.500. The van der Waals surface area contributed by atoms with Gasteiger partial charge in [-0.3, -0.25) is 10.1 Å². The van der Waals surface area contributed by atoms with Crippen LogP contribution in [-0.4, -0.2) is 32.6 Å². The first kappa shape index (κ1) is 15.8. The predicted octanol–water partition coefficient (Wildman–Crippen LogP) is 1.58.